The molecule has 2 aliphatic rings. The highest BCUT2D eigenvalue weighted by atomic mass is 14.9. The van der Waals surface area contributed by atoms with Crippen LogP contribution in [0.2, 0.25) is 0 Å². The number of anilines is 2. The fraction of sp³-hybridized carbons (Fsp3) is 0.0270. The average molecular weight is 484 g/mol. The Morgan fingerprint density at radius 2 is 0.842 bits per heavy atom. The lowest BCUT2D eigenvalue weighted by Crippen LogP contribution is -2.25. The Kier molecular flexibility index (Phi) is 4.50. The van der Waals surface area contributed by atoms with E-state index in [0.29, 0.717) is 0 Å². The second-order valence-corrected chi connectivity index (χ2v) is 10.2. The highest BCUT2D eigenvalue weighted by molar-refractivity contribution is 5.96. The van der Waals surface area contributed by atoms with Crippen molar-refractivity contribution >= 4 is 11.4 Å². The largest absolute Gasteiger partial charge is 0.355 e. The maximum absolute atomic E-state index is 3.75. The lowest BCUT2D eigenvalue weighted by molar-refractivity contribution is 0.794. The molecule has 2 aliphatic carbocycles. The minimum Gasteiger partial charge on any atom is -0.355 e. The van der Waals surface area contributed by atoms with Gasteiger partial charge in [-0.05, 0) is 68.3 Å². The zero-order valence-electron chi connectivity index (χ0n) is 20.9. The third-order valence-corrected chi connectivity index (χ3v) is 8.29. The fourth-order valence-electron chi connectivity index (χ4n) is 6.79. The number of rotatable bonds is 3. The summed E-state index contributed by atoms with van der Waals surface area (Å²) in [7, 11) is 0. The first kappa shape index (κ1) is 21.2. The predicted octanol–water partition coefficient (Wildman–Crippen LogP) is 9.44. The molecule has 0 amide bonds. The minimum absolute atomic E-state index is 0.292. The van der Waals surface area contributed by atoms with Gasteiger partial charge in [-0.25, -0.2) is 0 Å². The first-order valence-electron chi connectivity index (χ1n) is 13.2. The Morgan fingerprint density at radius 1 is 0.368 bits per heavy atom. The van der Waals surface area contributed by atoms with Crippen LogP contribution in [0.3, 0.4) is 0 Å². The Hall–Kier alpha value is -4.88. The topological polar surface area (TPSA) is 12.0 Å². The molecule has 0 fully saturated rings. The van der Waals surface area contributed by atoms with Gasteiger partial charge < -0.3 is 5.32 Å². The zero-order chi connectivity index (χ0) is 25.1. The van der Waals surface area contributed by atoms with Gasteiger partial charge in [-0.3, -0.25) is 0 Å². The van der Waals surface area contributed by atoms with Crippen LogP contribution in [0, 0.1) is 0 Å². The third kappa shape index (κ3) is 2.82. The number of hydrogen-bond acceptors (Lipinski definition) is 1. The maximum Gasteiger partial charge on any atom is 0.0725 e. The van der Waals surface area contributed by atoms with Gasteiger partial charge in [-0.1, -0.05) is 127 Å². The summed E-state index contributed by atoms with van der Waals surface area (Å²) in [5.74, 6) is 0. The number of fused-ring (bicyclic) bond motifs is 10. The number of hydrogen-bond donors (Lipinski definition) is 1. The SMILES string of the molecule is c1ccc(-c2ccccc2Nc2ccc3c(c2)-c2ccccc2C32c3ccccc3-c3ccccc32)cc1. The first-order chi connectivity index (χ1) is 18.9. The van der Waals surface area contributed by atoms with E-state index in [2.05, 4.69) is 151 Å². The van der Waals surface area contributed by atoms with Crippen molar-refractivity contribution in [1.29, 1.82) is 0 Å². The van der Waals surface area contributed by atoms with E-state index in [1.54, 1.807) is 0 Å². The average Bonchev–Trinajstić information content (AvgIpc) is 3.45. The first-order valence-corrected chi connectivity index (χ1v) is 13.2. The summed E-state index contributed by atoms with van der Waals surface area (Å²) in [6, 6.07) is 52.9. The van der Waals surface area contributed by atoms with Crippen LogP contribution in [-0.2, 0) is 5.41 Å². The molecule has 0 atom stereocenters. The van der Waals surface area contributed by atoms with E-state index in [4.69, 9.17) is 0 Å². The summed E-state index contributed by atoms with van der Waals surface area (Å²) in [5, 5.41) is 3.75. The molecule has 0 aliphatic heterocycles. The summed E-state index contributed by atoms with van der Waals surface area (Å²) < 4.78 is 0. The molecule has 1 heteroatoms. The Bertz CT molecular complexity index is 1800. The molecule has 6 aromatic rings. The quantitative estimate of drug-likeness (QED) is 0.264. The van der Waals surface area contributed by atoms with E-state index in [-0.39, 0.29) is 5.41 Å². The normalized spacial score (nSPS) is 13.5. The maximum atomic E-state index is 3.75. The molecular formula is C37H25N. The summed E-state index contributed by atoms with van der Waals surface area (Å²) in [6.45, 7) is 0. The molecule has 8 rings (SSSR count). The monoisotopic (exact) mass is 483 g/mol. The van der Waals surface area contributed by atoms with Gasteiger partial charge in [0.15, 0.2) is 0 Å². The smallest absolute Gasteiger partial charge is 0.0725 e. The van der Waals surface area contributed by atoms with Crippen molar-refractivity contribution in [3.05, 3.63) is 168 Å². The Balaban J connectivity index is 1.33. The van der Waals surface area contributed by atoms with Crippen LogP contribution in [0.5, 0.6) is 0 Å². The molecule has 1 nitrogen and oxygen atoms in total. The van der Waals surface area contributed by atoms with Gasteiger partial charge in [0.1, 0.15) is 0 Å². The van der Waals surface area contributed by atoms with Crippen LogP contribution >= 0.6 is 0 Å². The Labute approximate surface area is 223 Å². The zero-order valence-corrected chi connectivity index (χ0v) is 20.9. The molecule has 0 saturated heterocycles. The molecule has 0 aromatic heterocycles. The molecule has 0 saturated carbocycles. The lowest BCUT2D eigenvalue weighted by atomic mass is 9.70. The Morgan fingerprint density at radius 3 is 1.47 bits per heavy atom. The van der Waals surface area contributed by atoms with Crippen LogP contribution in [0.25, 0.3) is 33.4 Å². The summed E-state index contributed by atoms with van der Waals surface area (Å²) in [4.78, 5) is 0. The van der Waals surface area contributed by atoms with E-state index < -0.39 is 0 Å². The third-order valence-electron chi connectivity index (χ3n) is 8.29. The second kappa shape index (κ2) is 8.06. The number of para-hydroxylation sites is 1. The van der Waals surface area contributed by atoms with Crippen LogP contribution in [0.1, 0.15) is 22.3 Å². The van der Waals surface area contributed by atoms with E-state index in [1.807, 2.05) is 0 Å². The van der Waals surface area contributed by atoms with Gasteiger partial charge in [0.05, 0.1) is 5.41 Å². The van der Waals surface area contributed by atoms with Crippen LogP contribution in [0.4, 0.5) is 11.4 Å². The minimum atomic E-state index is -0.292. The van der Waals surface area contributed by atoms with Crippen molar-refractivity contribution in [3.8, 4) is 33.4 Å². The van der Waals surface area contributed by atoms with E-state index in [9.17, 15) is 0 Å². The van der Waals surface area contributed by atoms with Crippen LogP contribution in [-0.4, -0.2) is 0 Å². The fourth-order valence-corrected chi connectivity index (χ4v) is 6.79. The number of nitrogens with one attached hydrogen (secondary N) is 1. The van der Waals surface area contributed by atoms with E-state index >= 15 is 0 Å². The number of benzene rings is 6. The van der Waals surface area contributed by atoms with Gasteiger partial charge >= 0.3 is 0 Å². The highest BCUT2D eigenvalue weighted by Gasteiger charge is 2.51. The van der Waals surface area contributed by atoms with Crippen molar-refractivity contribution in [3.63, 3.8) is 0 Å². The van der Waals surface area contributed by atoms with Gasteiger partial charge in [0.25, 0.3) is 0 Å². The predicted molar refractivity (Wildman–Crippen MR) is 158 cm³/mol. The van der Waals surface area contributed by atoms with Gasteiger partial charge in [0.2, 0.25) is 0 Å². The van der Waals surface area contributed by atoms with E-state index in [0.717, 1.165) is 11.4 Å². The molecule has 178 valence electrons. The molecule has 38 heavy (non-hydrogen) atoms. The lowest BCUT2D eigenvalue weighted by Gasteiger charge is -2.30. The van der Waals surface area contributed by atoms with Crippen LogP contribution in [0.15, 0.2) is 146 Å². The molecular weight excluding hydrogens is 458 g/mol. The molecule has 1 spiro atoms. The molecule has 0 bridgehead atoms. The molecule has 1 N–H and O–H groups in total. The molecule has 0 heterocycles. The van der Waals surface area contributed by atoms with Crippen molar-refractivity contribution in [2.45, 2.75) is 5.41 Å². The van der Waals surface area contributed by atoms with Gasteiger partial charge in [-0.15, -0.1) is 0 Å². The second-order valence-electron chi connectivity index (χ2n) is 10.2. The van der Waals surface area contributed by atoms with Crippen molar-refractivity contribution in [1.82, 2.24) is 0 Å². The summed E-state index contributed by atoms with van der Waals surface area (Å²) in [5.41, 5.74) is 15.1. The standard InChI is InChI=1S/C37H25N/c1-2-12-25(13-3-1)27-14-7-11-21-36(27)38-26-22-23-35-31(24-26)30-17-6-10-20-34(30)37(35)32-18-8-4-15-28(32)29-16-5-9-19-33(29)37/h1-24,38H. The van der Waals surface area contributed by atoms with Crippen molar-refractivity contribution in [2.75, 3.05) is 5.32 Å². The summed E-state index contributed by atoms with van der Waals surface area (Å²) >= 11 is 0. The van der Waals surface area contributed by atoms with Crippen molar-refractivity contribution in [2.24, 2.45) is 0 Å². The van der Waals surface area contributed by atoms with Crippen molar-refractivity contribution < 1.29 is 0 Å². The van der Waals surface area contributed by atoms with E-state index in [1.165, 1.54) is 55.6 Å². The molecule has 0 radical (unpaired) electrons. The van der Waals surface area contributed by atoms with Gasteiger partial charge in [-0.2, -0.15) is 0 Å². The highest BCUT2D eigenvalue weighted by Crippen LogP contribution is 2.62. The van der Waals surface area contributed by atoms with Crippen LogP contribution < -0.4 is 5.32 Å². The van der Waals surface area contributed by atoms with Gasteiger partial charge in [0, 0.05) is 16.9 Å². The molecule has 6 aromatic carbocycles. The molecule has 0 unspecified atom stereocenters. The summed E-state index contributed by atoms with van der Waals surface area (Å²) in [6.07, 6.45) is 0.